The third kappa shape index (κ3) is 4.66. The molecule has 0 aromatic carbocycles. The van der Waals surface area contributed by atoms with Crippen LogP contribution in [-0.2, 0) is 0 Å². The molecule has 0 saturated heterocycles. The predicted molar refractivity (Wildman–Crippen MR) is 58.8 cm³/mol. The zero-order valence-corrected chi connectivity index (χ0v) is 9.71. The van der Waals surface area contributed by atoms with Crippen molar-refractivity contribution in [2.24, 2.45) is 11.8 Å². The highest BCUT2D eigenvalue weighted by Gasteiger charge is 2.18. The van der Waals surface area contributed by atoms with E-state index in [0.717, 1.165) is 25.2 Å². The van der Waals surface area contributed by atoms with Crippen molar-refractivity contribution in [3.05, 3.63) is 0 Å². The second kappa shape index (κ2) is 7.37. The van der Waals surface area contributed by atoms with Crippen LogP contribution in [0, 0.1) is 11.8 Å². The number of aliphatic hydroxyl groups is 1. The first-order chi connectivity index (χ1) is 6.19. The van der Waals surface area contributed by atoms with Crippen LogP contribution in [0.2, 0.25) is 0 Å². The van der Waals surface area contributed by atoms with Crippen LogP contribution in [0.5, 0.6) is 0 Å². The maximum Gasteiger partial charge on any atom is 0.0570 e. The van der Waals surface area contributed by atoms with Crippen LogP contribution in [0.4, 0.5) is 0 Å². The van der Waals surface area contributed by atoms with E-state index in [1.54, 1.807) is 0 Å². The zero-order valence-electron chi connectivity index (χ0n) is 9.71. The van der Waals surface area contributed by atoms with Gasteiger partial charge in [0, 0.05) is 0 Å². The Morgan fingerprint density at radius 2 is 1.31 bits per heavy atom. The van der Waals surface area contributed by atoms with Crippen molar-refractivity contribution in [2.75, 3.05) is 0 Å². The van der Waals surface area contributed by atoms with Crippen molar-refractivity contribution in [3.63, 3.8) is 0 Å². The molecule has 0 rings (SSSR count). The molecule has 0 saturated carbocycles. The number of hydrogen-bond acceptors (Lipinski definition) is 1. The normalized spacial score (nSPS) is 14.1. The van der Waals surface area contributed by atoms with Gasteiger partial charge in [0.05, 0.1) is 6.10 Å². The Morgan fingerprint density at radius 1 is 0.846 bits per heavy atom. The highest BCUT2D eigenvalue weighted by Crippen LogP contribution is 2.22. The molecule has 1 N–H and O–H groups in total. The molecule has 80 valence electrons. The third-order valence-electron chi connectivity index (χ3n) is 3.32. The lowest BCUT2D eigenvalue weighted by Crippen LogP contribution is -2.22. The minimum absolute atomic E-state index is 0.0695. The Morgan fingerprint density at radius 3 is 1.62 bits per heavy atom. The van der Waals surface area contributed by atoms with Crippen LogP contribution in [0.15, 0.2) is 0 Å². The molecule has 0 fully saturated rings. The minimum atomic E-state index is -0.0695. The van der Waals surface area contributed by atoms with Gasteiger partial charge in [-0.2, -0.15) is 0 Å². The molecule has 0 spiro atoms. The molecule has 0 aromatic heterocycles. The summed E-state index contributed by atoms with van der Waals surface area (Å²) in [6.45, 7) is 8.77. The van der Waals surface area contributed by atoms with Crippen molar-refractivity contribution in [3.8, 4) is 0 Å². The summed E-state index contributed by atoms with van der Waals surface area (Å²) in [4.78, 5) is 0. The molecule has 0 radical (unpaired) electrons. The fourth-order valence-electron chi connectivity index (χ4n) is 1.99. The second-order valence-corrected chi connectivity index (χ2v) is 4.06. The van der Waals surface area contributed by atoms with E-state index in [-0.39, 0.29) is 6.10 Å². The van der Waals surface area contributed by atoms with Crippen molar-refractivity contribution in [1.29, 1.82) is 0 Å². The van der Waals surface area contributed by atoms with Crippen LogP contribution >= 0.6 is 0 Å². The largest absolute Gasteiger partial charge is 0.393 e. The molecule has 0 aliphatic rings. The van der Waals surface area contributed by atoms with Crippen LogP contribution in [0.1, 0.15) is 59.8 Å². The van der Waals surface area contributed by atoms with E-state index in [1.807, 2.05) is 0 Å². The van der Waals surface area contributed by atoms with Gasteiger partial charge in [0.1, 0.15) is 0 Å². The summed E-state index contributed by atoms with van der Waals surface area (Å²) in [5, 5.41) is 9.94. The molecule has 0 amide bonds. The fraction of sp³-hybridized carbons (Fsp3) is 1.00. The Kier molecular flexibility index (Phi) is 7.35. The molecule has 1 unspecified atom stereocenters. The van der Waals surface area contributed by atoms with Gasteiger partial charge in [-0.1, -0.05) is 53.4 Å². The van der Waals surface area contributed by atoms with Gasteiger partial charge in [0.15, 0.2) is 0 Å². The van der Waals surface area contributed by atoms with Crippen molar-refractivity contribution < 1.29 is 5.11 Å². The Balaban J connectivity index is 3.87. The van der Waals surface area contributed by atoms with Gasteiger partial charge in [-0.25, -0.2) is 0 Å². The number of aliphatic hydroxyl groups excluding tert-OH is 1. The van der Waals surface area contributed by atoms with Gasteiger partial charge >= 0.3 is 0 Å². The molecule has 1 nitrogen and oxygen atoms in total. The van der Waals surface area contributed by atoms with Gasteiger partial charge in [-0.05, 0) is 18.3 Å². The monoisotopic (exact) mass is 186 g/mol. The number of rotatable bonds is 7. The van der Waals surface area contributed by atoms with E-state index in [1.165, 1.54) is 12.8 Å². The molecule has 1 atom stereocenters. The zero-order chi connectivity index (χ0) is 10.3. The van der Waals surface area contributed by atoms with Crippen LogP contribution in [0.25, 0.3) is 0 Å². The molecule has 0 aromatic rings. The van der Waals surface area contributed by atoms with Crippen LogP contribution < -0.4 is 0 Å². The summed E-state index contributed by atoms with van der Waals surface area (Å²) in [5.74, 6) is 1.23. The Hall–Kier alpha value is -0.0400. The van der Waals surface area contributed by atoms with Crippen LogP contribution in [0.3, 0.4) is 0 Å². The minimum Gasteiger partial charge on any atom is -0.393 e. The molecule has 13 heavy (non-hydrogen) atoms. The first kappa shape index (κ1) is 13.0. The molecule has 0 aliphatic carbocycles. The van der Waals surface area contributed by atoms with E-state index in [0.29, 0.717) is 5.92 Å². The van der Waals surface area contributed by atoms with Crippen LogP contribution in [-0.4, -0.2) is 11.2 Å². The first-order valence-corrected chi connectivity index (χ1v) is 5.87. The molecule has 0 aliphatic heterocycles. The van der Waals surface area contributed by atoms with Crippen molar-refractivity contribution in [2.45, 2.75) is 65.9 Å². The van der Waals surface area contributed by atoms with Crippen molar-refractivity contribution >= 4 is 0 Å². The average Bonchev–Trinajstić information content (AvgIpc) is 2.16. The summed E-state index contributed by atoms with van der Waals surface area (Å²) in [7, 11) is 0. The summed E-state index contributed by atoms with van der Waals surface area (Å²) in [6.07, 6.45) is 5.55. The summed E-state index contributed by atoms with van der Waals surface area (Å²) >= 11 is 0. The molecular formula is C12H26O. The SMILES string of the molecule is CCC(CC)CC(O)C(CC)CC. The summed E-state index contributed by atoms with van der Waals surface area (Å²) in [5.41, 5.74) is 0. The summed E-state index contributed by atoms with van der Waals surface area (Å²) in [6, 6.07) is 0. The molecule has 1 heteroatoms. The topological polar surface area (TPSA) is 20.2 Å². The Bertz CT molecular complexity index is 104. The molecule has 0 bridgehead atoms. The van der Waals surface area contributed by atoms with Gasteiger partial charge in [-0.3, -0.25) is 0 Å². The van der Waals surface area contributed by atoms with E-state index >= 15 is 0 Å². The average molecular weight is 186 g/mol. The van der Waals surface area contributed by atoms with Gasteiger partial charge in [-0.15, -0.1) is 0 Å². The predicted octanol–water partition coefficient (Wildman–Crippen LogP) is 3.61. The lowest BCUT2D eigenvalue weighted by molar-refractivity contribution is 0.0758. The van der Waals surface area contributed by atoms with Gasteiger partial charge in [0.2, 0.25) is 0 Å². The van der Waals surface area contributed by atoms with Gasteiger partial charge in [0.25, 0.3) is 0 Å². The highest BCUT2D eigenvalue weighted by atomic mass is 16.3. The quantitative estimate of drug-likeness (QED) is 0.644. The lowest BCUT2D eigenvalue weighted by Gasteiger charge is -2.23. The highest BCUT2D eigenvalue weighted by molar-refractivity contribution is 4.69. The number of hydrogen-bond donors (Lipinski definition) is 1. The fourth-order valence-corrected chi connectivity index (χ4v) is 1.99. The standard InChI is InChI=1S/C12H26O/c1-5-10(6-2)9-12(13)11(7-3)8-4/h10-13H,5-9H2,1-4H3. The first-order valence-electron chi connectivity index (χ1n) is 5.87. The maximum atomic E-state index is 9.94. The van der Waals surface area contributed by atoms with E-state index in [2.05, 4.69) is 27.7 Å². The van der Waals surface area contributed by atoms with Crippen molar-refractivity contribution in [1.82, 2.24) is 0 Å². The van der Waals surface area contributed by atoms with E-state index in [9.17, 15) is 5.11 Å². The second-order valence-electron chi connectivity index (χ2n) is 4.06. The van der Waals surface area contributed by atoms with Gasteiger partial charge < -0.3 is 5.11 Å². The molecule has 0 heterocycles. The maximum absolute atomic E-state index is 9.94. The Labute approximate surface area is 83.5 Å². The molecular weight excluding hydrogens is 160 g/mol. The summed E-state index contributed by atoms with van der Waals surface area (Å²) < 4.78 is 0. The lowest BCUT2D eigenvalue weighted by atomic mass is 9.87. The van der Waals surface area contributed by atoms with E-state index in [4.69, 9.17) is 0 Å². The van der Waals surface area contributed by atoms with E-state index < -0.39 is 0 Å². The third-order valence-corrected chi connectivity index (χ3v) is 3.32. The smallest absolute Gasteiger partial charge is 0.0570 e.